The van der Waals surface area contributed by atoms with Crippen molar-refractivity contribution in [2.24, 2.45) is 0 Å². The van der Waals surface area contributed by atoms with Gasteiger partial charge in [0.25, 0.3) is 5.91 Å². The number of H-pyrrole nitrogens is 1. The van der Waals surface area contributed by atoms with Gasteiger partial charge in [0.05, 0.1) is 13.2 Å². The number of anilines is 1. The molecule has 0 saturated carbocycles. The highest BCUT2D eigenvalue weighted by Gasteiger charge is 2.13. The summed E-state index contributed by atoms with van der Waals surface area (Å²) in [6, 6.07) is 21.4. The number of nitrogens with zero attached hydrogens (tertiary/aromatic N) is 2. The van der Waals surface area contributed by atoms with E-state index < -0.39 is 0 Å². The Morgan fingerprint density at radius 3 is 2.67 bits per heavy atom. The fourth-order valence-corrected chi connectivity index (χ4v) is 3.86. The van der Waals surface area contributed by atoms with Gasteiger partial charge >= 0.3 is 0 Å². The minimum absolute atomic E-state index is 0.230. The molecule has 0 spiro atoms. The third kappa shape index (κ3) is 5.39. The van der Waals surface area contributed by atoms with Gasteiger partial charge in [0.1, 0.15) is 23.9 Å². The van der Waals surface area contributed by atoms with Gasteiger partial charge in [0.2, 0.25) is 0 Å². The van der Waals surface area contributed by atoms with Gasteiger partial charge in [0.15, 0.2) is 0 Å². The molecule has 0 radical (unpaired) electrons. The average molecular weight is 443 g/mol. The van der Waals surface area contributed by atoms with Crippen molar-refractivity contribution in [2.75, 3.05) is 31.6 Å². The van der Waals surface area contributed by atoms with Crippen LogP contribution in [-0.2, 0) is 17.9 Å². The van der Waals surface area contributed by atoms with E-state index in [-0.39, 0.29) is 5.91 Å². The normalized spacial score (nSPS) is 14.3. The first-order chi connectivity index (χ1) is 16.2. The van der Waals surface area contributed by atoms with E-state index >= 15 is 0 Å². The Kier molecular flexibility index (Phi) is 6.32. The van der Waals surface area contributed by atoms with Crippen LogP contribution in [0.4, 0.5) is 5.82 Å². The fourth-order valence-electron chi connectivity index (χ4n) is 3.86. The average Bonchev–Trinajstić information content (AvgIpc) is 3.29. The van der Waals surface area contributed by atoms with Crippen LogP contribution < -0.4 is 10.1 Å². The summed E-state index contributed by atoms with van der Waals surface area (Å²) in [6.45, 7) is 4.73. The van der Waals surface area contributed by atoms with E-state index in [4.69, 9.17) is 9.47 Å². The highest BCUT2D eigenvalue weighted by Crippen LogP contribution is 2.23. The second-order valence-electron chi connectivity index (χ2n) is 8.10. The minimum Gasteiger partial charge on any atom is -0.489 e. The van der Waals surface area contributed by atoms with Gasteiger partial charge in [-0.25, -0.2) is 4.98 Å². The molecule has 1 saturated heterocycles. The first-order valence-electron chi connectivity index (χ1n) is 11.1. The molecule has 7 nitrogen and oxygen atoms in total. The lowest BCUT2D eigenvalue weighted by atomic mass is 10.2. The minimum atomic E-state index is -0.230. The Bertz CT molecular complexity index is 1220. The molecular weight excluding hydrogens is 416 g/mol. The van der Waals surface area contributed by atoms with Crippen LogP contribution in [0.1, 0.15) is 21.6 Å². The Morgan fingerprint density at radius 2 is 1.88 bits per heavy atom. The molecule has 4 aromatic rings. The molecular formula is C26H26N4O3. The summed E-state index contributed by atoms with van der Waals surface area (Å²) in [7, 11) is 0. The number of amides is 1. The number of aromatic amines is 1. The largest absolute Gasteiger partial charge is 0.489 e. The topological polar surface area (TPSA) is 79.5 Å². The number of aromatic nitrogens is 2. The van der Waals surface area contributed by atoms with Gasteiger partial charge in [-0.2, -0.15) is 0 Å². The summed E-state index contributed by atoms with van der Waals surface area (Å²) >= 11 is 0. The molecule has 0 unspecified atom stereocenters. The molecule has 2 N–H and O–H groups in total. The van der Waals surface area contributed by atoms with Crippen LogP contribution in [0.5, 0.6) is 5.75 Å². The van der Waals surface area contributed by atoms with Gasteiger partial charge < -0.3 is 19.8 Å². The first-order valence-corrected chi connectivity index (χ1v) is 11.1. The quantitative estimate of drug-likeness (QED) is 0.448. The van der Waals surface area contributed by atoms with Crippen LogP contribution in [0.3, 0.4) is 0 Å². The zero-order chi connectivity index (χ0) is 22.5. The molecule has 7 heteroatoms. The smallest absolute Gasteiger partial charge is 0.273 e. The van der Waals surface area contributed by atoms with Crippen LogP contribution in [0, 0.1) is 0 Å². The molecule has 1 aliphatic rings. The third-order valence-corrected chi connectivity index (χ3v) is 5.66. The molecule has 0 atom stereocenters. The van der Waals surface area contributed by atoms with Crippen molar-refractivity contribution in [1.82, 2.24) is 14.9 Å². The summed E-state index contributed by atoms with van der Waals surface area (Å²) < 4.78 is 11.3. The lowest BCUT2D eigenvalue weighted by molar-refractivity contribution is 0.0341. The summed E-state index contributed by atoms with van der Waals surface area (Å²) in [5.74, 6) is 1.05. The Morgan fingerprint density at radius 1 is 1.03 bits per heavy atom. The van der Waals surface area contributed by atoms with E-state index in [1.165, 1.54) is 0 Å². The molecule has 0 aliphatic carbocycles. The number of pyridine rings is 1. The summed E-state index contributed by atoms with van der Waals surface area (Å²) in [5, 5.41) is 3.78. The predicted molar refractivity (Wildman–Crippen MR) is 127 cm³/mol. The highest BCUT2D eigenvalue weighted by molar-refractivity contribution is 6.05. The van der Waals surface area contributed by atoms with E-state index in [0.717, 1.165) is 60.6 Å². The molecule has 33 heavy (non-hydrogen) atoms. The summed E-state index contributed by atoms with van der Waals surface area (Å²) in [5.41, 5.74) is 3.57. The van der Waals surface area contributed by atoms with Crippen LogP contribution in [0.15, 0.2) is 72.9 Å². The number of carbonyl (C=O) groups is 1. The molecule has 1 amide bonds. The molecule has 2 aromatic heterocycles. The molecule has 5 rings (SSSR count). The number of ether oxygens (including phenoxy) is 2. The van der Waals surface area contributed by atoms with Gasteiger partial charge in [-0.1, -0.05) is 36.4 Å². The lowest BCUT2D eigenvalue weighted by Crippen LogP contribution is -2.35. The van der Waals surface area contributed by atoms with E-state index in [1.54, 1.807) is 0 Å². The maximum Gasteiger partial charge on any atom is 0.273 e. The monoisotopic (exact) mass is 442 g/mol. The van der Waals surface area contributed by atoms with Crippen LogP contribution >= 0.6 is 0 Å². The van der Waals surface area contributed by atoms with Crippen molar-refractivity contribution >= 4 is 22.6 Å². The van der Waals surface area contributed by atoms with Crippen LogP contribution in [-0.4, -0.2) is 47.1 Å². The summed E-state index contributed by atoms with van der Waals surface area (Å²) in [6.07, 6.45) is 1.81. The van der Waals surface area contributed by atoms with E-state index in [1.807, 2.05) is 72.9 Å². The molecule has 1 fully saturated rings. The maximum atomic E-state index is 12.7. The van der Waals surface area contributed by atoms with Crippen molar-refractivity contribution < 1.29 is 14.3 Å². The number of hydrogen-bond donors (Lipinski definition) is 2. The van der Waals surface area contributed by atoms with Gasteiger partial charge in [-0.15, -0.1) is 0 Å². The SMILES string of the molecule is O=C(Nc1ccc(CN2CCOCC2)cn1)c1cc2cc(OCc3ccccc3)ccc2[nH]1. The molecule has 2 aromatic carbocycles. The third-order valence-electron chi connectivity index (χ3n) is 5.66. The zero-order valence-electron chi connectivity index (χ0n) is 18.3. The number of carbonyl (C=O) groups excluding carboxylic acids is 1. The van der Waals surface area contributed by atoms with Crippen molar-refractivity contribution in [3.8, 4) is 5.75 Å². The molecule has 168 valence electrons. The van der Waals surface area contributed by atoms with E-state index in [9.17, 15) is 4.79 Å². The summed E-state index contributed by atoms with van der Waals surface area (Å²) in [4.78, 5) is 22.7. The lowest BCUT2D eigenvalue weighted by Gasteiger charge is -2.26. The number of benzene rings is 2. The Balaban J connectivity index is 1.21. The number of rotatable bonds is 7. The number of nitrogens with one attached hydrogen (secondary N) is 2. The second-order valence-corrected chi connectivity index (χ2v) is 8.10. The van der Waals surface area contributed by atoms with Crippen molar-refractivity contribution in [2.45, 2.75) is 13.2 Å². The number of morpholine rings is 1. The highest BCUT2D eigenvalue weighted by atomic mass is 16.5. The van der Waals surface area contributed by atoms with Crippen molar-refractivity contribution in [3.63, 3.8) is 0 Å². The predicted octanol–water partition coefficient (Wildman–Crippen LogP) is 4.23. The van der Waals surface area contributed by atoms with Crippen molar-refractivity contribution in [3.05, 3.63) is 89.7 Å². The Labute approximate surface area is 192 Å². The molecule has 3 heterocycles. The van der Waals surface area contributed by atoms with Crippen LogP contribution in [0.25, 0.3) is 10.9 Å². The van der Waals surface area contributed by atoms with Gasteiger partial charge in [-0.05, 0) is 41.5 Å². The fraction of sp³-hybridized carbons (Fsp3) is 0.231. The van der Waals surface area contributed by atoms with Gasteiger partial charge in [-0.3, -0.25) is 9.69 Å². The van der Waals surface area contributed by atoms with E-state index in [2.05, 4.69) is 20.2 Å². The molecule has 1 aliphatic heterocycles. The number of hydrogen-bond acceptors (Lipinski definition) is 5. The Hall–Kier alpha value is -3.68. The first kappa shape index (κ1) is 21.2. The van der Waals surface area contributed by atoms with Gasteiger partial charge in [0, 0.05) is 36.7 Å². The second kappa shape index (κ2) is 9.85. The van der Waals surface area contributed by atoms with Crippen molar-refractivity contribution in [1.29, 1.82) is 0 Å². The molecule has 0 bridgehead atoms. The standard InChI is InChI=1S/C26H26N4O3/c31-26(29-25-9-6-20(16-27-25)17-30-10-12-32-13-11-30)24-15-21-14-22(7-8-23(21)28-24)33-18-19-4-2-1-3-5-19/h1-9,14-16,28H,10-13,17-18H2,(H,27,29,31). The van der Waals surface area contributed by atoms with E-state index in [0.29, 0.717) is 18.1 Å². The number of fused-ring (bicyclic) bond motifs is 1. The zero-order valence-corrected chi connectivity index (χ0v) is 18.3. The maximum absolute atomic E-state index is 12.7. The van der Waals surface area contributed by atoms with Crippen LogP contribution in [0.2, 0.25) is 0 Å².